The largest absolute Gasteiger partial charge is 0.300 e. The van der Waals surface area contributed by atoms with E-state index in [1.54, 1.807) is 0 Å². The summed E-state index contributed by atoms with van der Waals surface area (Å²) >= 11 is 0. The lowest BCUT2D eigenvalue weighted by atomic mass is 10.2. The lowest BCUT2D eigenvalue weighted by molar-refractivity contribution is 0.377. The zero-order chi connectivity index (χ0) is 11.5. The van der Waals surface area contributed by atoms with E-state index in [4.69, 9.17) is 0 Å². The lowest BCUT2D eigenvalue weighted by Crippen LogP contribution is -2.18. The first-order valence-corrected chi connectivity index (χ1v) is 6.79. The highest BCUT2D eigenvalue weighted by Crippen LogP contribution is 2.06. The monoisotopic (exact) mass is 219 g/mol. The van der Waals surface area contributed by atoms with Crippen molar-refractivity contribution in [2.75, 3.05) is 19.6 Å². The molecule has 1 heteroatoms. The molecule has 1 fully saturated rings. The number of unbranched alkanes of at least 4 members (excludes halogenated alkanes) is 4. The molecule has 0 bridgehead atoms. The van der Waals surface area contributed by atoms with Crippen molar-refractivity contribution in [1.82, 2.24) is 4.90 Å². The first-order chi connectivity index (χ1) is 7.93. The molecule has 0 N–H and O–H groups in total. The van der Waals surface area contributed by atoms with E-state index in [9.17, 15) is 0 Å². The summed E-state index contributed by atoms with van der Waals surface area (Å²) in [4.78, 5) is 2.49. The van der Waals surface area contributed by atoms with Gasteiger partial charge in [-0.05, 0) is 38.4 Å². The lowest BCUT2D eigenvalue weighted by Gasteiger charge is -2.09. The zero-order valence-corrected chi connectivity index (χ0v) is 10.7. The van der Waals surface area contributed by atoms with Crippen LogP contribution in [0.25, 0.3) is 0 Å². The Balaban J connectivity index is 1.95. The fraction of sp³-hybridized carbons (Fsp3) is 0.733. The number of allylic oxidation sites excluding steroid dienone is 1. The van der Waals surface area contributed by atoms with Gasteiger partial charge in [0.2, 0.25) is 0 Å². The first kappa shape index (κ1) is 13.3. The number of hydrogen-bond donors (Lipinski definition) is 0. The minimum Gasteiger partial charge on any atom is -0.300 e. The van der Waals surface area contributed by atoms with Gasteiger partial charge in [0.05, 0.1) is 0 Å². The molecule has 0 aromatic heterocycles. The summed E-state index contributed by atoms with van der Waals surface area (Å²) in [6.45, 7) is 5.88. The number of nitrogens with zero attached hydrogens (tertiary/aromatic N) is 1. The molecule has 90 valence electrons. The van der Waals surface area contributed by atoms with Gasteiger partial charge in [0.25, 0.3) is 0 Å². The predicted octanol–water partition coefficient (Wildman–Crippen LogP) is 3.61. The minimum absolute atomic E-state index is 1.06. The van der Waals surface area contributed by atoms with Gasteiger partial charge in [0, 0.05) is 13.0 Å². The van der Waals surface area contributed by atoms with E-state index in [0.29, 0.717) is 0 Å². The fourth-order valence-electron chi connectivity index (χ4n) is 2.00. The summed E-state index contributed by atoms with van der Waals surface area (Å²) in [6.07, 6.45) is 13.3. The Kier molecular flexibility index (Phi) is 7.90. The molecule has 1 aliphatic rings. The second-order valence-corrected chi connectivity index (χ2v) is 4.54. The number of likely N-dealkylation sites (tertiary alicyclic amines) is 1. The summed E-state index contributed by atoms with van der Waals surface area (Å²) in [5, 5.41) is 0. The molecule has 0 unspecified atom stereocenters. The third-order valence-corrected chi connectivity index (χ3v) is 3.02. The van der Waals surface area contributed by atoms with Gasteiger partial charge in [-0.3, -0.25) is 4.90 Å². The highest BCUT2D eigenvalue weighted by molar-refractivity contribution is 5.15. The number of hydrogen-bond acceptors (Lipinski definition) is 1. The van der Waals surface area contributed by atoms with Crippen LogP contribution in [0, 0.1) is 11.8 Å². The van der Waals surface area contributed by atoms with E-state index in [1.807, 2.05) is 6.08 Å². The zero-order valence-electron chi connectivity index (χ0n) is 10.7. The molecule has 1 saturated heterocycles. The van der Waals surface area contributed by atoms with Gasteiger partial charge in [-0.15, -0.1) is 0 Å². The van der Waals surface area contributed by atoms with E-state index in [1.165, 1.54) is 51.6 Å². The van der Waals surface area contributed by atoms with Crippen LogP contribution in [0.5, 0.6) is 0 Å². The van der Waals surface area contributed by atoms with Crippen molar-refractivity contribution in [2.24, 2.45) is 0 Å². The van der Waals surface area contributed by atoms with Crippen molar-refractivity contribution in [3.05, 3.63) is 12.2 Å². The predicted molar refractivity (Wildman–Crippen MR) is 71.3 cm³/mol. The van der Waals surface area contributed by atoms with Crippen molar-refractivity contribution in [1.29, 1.82) is 0 Å². The van der Waals surface area contributed by atoms with E-state index in [0.717, 1.165) is 13.0 Å². The molecule has 0 atom stereocenters. The second kappa shape index (κ2) is 9.48. The van der Waals surface area contributed by atoms with Gasteiger partial charge >= 0.3 is 0 Å². The van der Waals surface area contributed by atoms with Crippen LogP contribution in [0.1, 0.15) is 51.9 Å². The van der Waals surface area contributed by atoms with Crippen molar-refractivity contribution in [3.63, 3.8) is 0 Å². The Bertz CT molecular complexity index is 238. The average molecular weight is 219 g/mol. The van der Waals surface area contributed by atoms with Crippen LogP contribution < -0.4 is 0 Å². The molecular weight excluding hydrogens is 194 g/mol. The Morgan fingerprint density at radius 3 is 2.69 bits per heavy atom. The quantitative estimate of drug-likeness (QED) is 0.487. The molecule has 0 aromatic carbocycles. The smallest absolute Gasteiger partial charge is 0.0172 e. The summed E-state index contributed by atoms with van der Waals surface area (Å²) in [5.74, 6) is 6.34. The second-order valence-electron chi connectivity index (χ2n) is 4.54. The van der Waals surface area contributed by atoms with Crippen LogP contribution >= 0.6 is 0 Å². The fourth-order valence-corrected chi connectivity index (χ4v) is 2.00. The van der Waals surface area contributed by atoms with Crippen LogP contribution in [-0.2, 0) is 0 Å². The molecule has 1 rings (SSSR count). The Morgan fingerprint density at radius 2 is 1.94 bits per heavy atom. The van der Waals surface area contributed by atoms with Gasteiger partial charge in [-0.1, -0.05) is 44.1 Å². The standard InChI is InChI=1S/C15H25N/c1-2-3-4-5-6-7-8-9-10-13-16-14-11-12-15-16/h9-10H,2-6,11-15H2,1H3/b10-9-. The molecule has 1 aliphatic heterocycles. The van der Waals surface area contributed by atoms with Gasteiger partial charge in [-0.2, -0.15) is 0 Å². The van der Waals surface area contributed by atoms with Gasteiger partial charge in [0.1, 0.15) is 0 Å². The summed E-state index contributed by atoms with van der Waals surface area (Å²) in [6, 6.07) is 0. The van der Waals surface area contributed by atoms with Crippen molar-refractivity contribution < 1.29 is 0 Å². The van der Waals surface area contributed by atoms with Crippen molar-refractivity contribution in [3.8, 4) is 11.8 Å². The molecule has 0 radical (unpaired) electrons. The first-order valence-electron chi connectivity index (χ1n) is 6.79. The third kappa shape index (κ3) is 6.69. The van der Waals surface area contributed by atoms with Gasteiger partial charge in [-0.25, -0.2) is 0 Å². The highest BCUT2D eigenvalue weighted by atomic mass is 15.1. The minimum atomic E-state index is 1.06. The maximum Gasteiger partial charge on any atom is 0.0172 e. The average Bonchev–Trinajstić information content (AvgIpc) is 2.80. The molecule has 1 heterocycles. The van der Waals surface area contributed by atoms with Crippen molar-refractivity contribution >= 4 is 0 Å². The Hall–Kier alpha value is -0.740. The SMILES string of the molecule is CCCCCCC#C/C=C\CN1CCCC1. The maximum atomic E-state index is 3.21. The van der Waals surface area contributed by atoms with Crippen LogP contribution in [0.15, 0.2) is 12.2 Å². The van der Waals surface area contributed by atoms with E-state index in [2.05, 4.69) is 29.7 Å². The molecule has 0 amide bonds. The summed E-state index contributed by atoms with van der Waals surface area (Å²) in [5.41, 5.74) is 0. The topological polar surface area (TPSA) is 3.24 Å². The van der Waals surface area contributed by atoms with E-state index < -0.39 is 0 Å². The molecular formula is C15H25N. The molecule has 16 heavy (non-hydrogen) atoms. The van der Waals surface area contributed by atoms with Crippen LogP contribution in [-0.4, -0.2) is 24.5 Å². The highest BCUT2D eigenvalue weighted by Gasteiger charge is 2.08. The Labute approximate surface area is 101 Å². The third-order valence-electron chi connectivity index (χ3n) is 3.02. The number of rotatable bonds is 6. The van der Waals surface area contributed by atoms with Gasteiger partial charge in [0.15, 0.2) is 0 Å². The van der Waals surface area contributed by atoms with Crippen LogP contribution in [0.4, 0.5) is 0 Å². The summed E-state index contributed by atoms with van der Waals surface area (Å²) in [7, 11) is 0. The molecule has 0 spiro atoms. The van der Waals surface area contributed by atoms with Crippen LogP contribution in [0.2, 0.25) is 0 Å². The molecule has 1 nitrogen and oxygen atoms in total. The van der Waals surface area contributed by atoms with E-state index >= 15 is 0 Å². The molecule has 0 aromatic rings. The molecule has 0 saturated carbocycles. The normalized spacial score (nSPS) is 16.6. The van der Waals surface area contributed by atoms with Crippen molar-refractivity contribution in [2.45, 2.75) is 51.9 Å². The Morgan fingerprint density at radius 1 is 1.12 bits per heavy atom. The van der Waals surface area contributed by atoms with Crippen LogP contribution in [0.3, 0.4) is 0 Å². The molecule has 0 aliphatic carbocycles. The maximum absolute atomic E-state index is 3.21. The van der Waals surface area contributed by atoms with Gasteiger partial charge < -0.3 is 0 Å². The summed E-state index contributed by atoms with van der Waals surface area (Å²) < 4.78 is 0. The van der Waals surface area contributed by atoms with E-state index in [-0.39, 0.29) is 0 Å².